The standard InChI is InChI=1S/C19H22N4O4/c1-21-8-2-3-16(21)18-12-27-10-9-22(18)19(24)13-4-7-15(20-14-5-6-14)17(11-13)23(25)26/h2-4,7-8,11,14,18,20H,5-6,9-10,12H2,1H3/t18-/m0/s1. The maximum absolute atomic E-state index is 13.2. The maximum atomic E-state index is 13.2. The SMILES string of the molecule is Cn1cccc1[C@@H]1COCCN1C(=O)c1ccc(NC2CC2)c([N+](=O)[O-])c1. The molecule has 0 unspecified atom stereocenters. The van der Waals surface area contributed by atoms with E-state index >= 15 is 0 Å². The van der Waals surface area contributed by atoms with E-state index < -0.39 is 4.92 Å². The van der Waals surface area contributed by atoms with Crippen LogP contribution < -0.4 is 5.32 Å². The number of nitro benzene ring substituents is 1. The fourth-order valence-electron chi connectivity index (χ4n) is 3.46. The number of nitro groups is 1. The first-order valence-corrected chi connectivity index (χ1v) is 9.09. The molecule has 1 aliphatic carbocycles. The number of carbonyl (C=O) groups is 1. The minimum absolute atomic E-state index is 0.0589. The van der Waals surface area contributed by atoms with E-state index in [4.69, 9.17) is 4.74 Å². The van der Waals surface area contributed by atoms with Gasteiger partial charge >= 0.3 is 0 Å². The molecule has 1 aromatic heterocycles. The van der Waals surface area contributed by atoms with Crippen LogP contribution in [0.3, 0.4) is 0 Å². The number of hydrogen-bond donors (Lipinski definition) is 1. The number of rotatable bonds is 5. The molecule has 4 rings (SSSR count). The van der Waals surface area contributed by atoms with Gasteiger partial charge in [0.15, 0.2) is 0 Å². The molecule has 1 aliphatic heterocycles. The summed E-state index contributed by atoms with van der Waals surface area (Å²) in [7, 11) is 1.93. The number of hydrogen-bond acceptors (Lipinski definition) is 5. The molecule has 1 saturated heterocycles. The van der Waals surface area contributed by atoms with Crippen molar-refractivity contribution < 1.29 is 14.5 Å². The highest BCUT2D eigenvalue weighted by atomic mass is 16.6. The molecular weight excluding hydrogens is 348 g/mol. The number of carbonyl (C=O) groups excluding carboxylic acids is 1. The van der Waals surface area contributed by atoms with E-state index in [1.165, 1.54) is 6.07 Å². The van der Waals surface area contributed by atoms with Gasteiger partial charge in [0.05, 0.1) is 24.2 Å². The van der Waals surface area contributed by atoms with Crippen molar-refractivity contribution in [2.45, 2.75) is 24.9 Å². The fourth-order valence-corrected chi connectivity index (χ4v) is 3.46. The number of ether oxygens (including phenoxy) is 1. The number of anilines is 1. The van der Waals surface area contributed by atoms with Gasteiger partial charge in [-0.1, -0.05) is 0 Å². The summed E-state index contributed by atoms with van der Waals surface area (Å²) in [6.45, 7) is 1.31. The van der Waals surface area contributed by atoms with Gasteiger partial charge in [-0.05, 0) is 37.1 Å². The Bertz CT molecular complexity index is 874. The molecule has 1 atom stereocenters. The van der Waals surface area contributed by atoms with E-state index in [2.05, 4.69) is 5.32 Å². The molecule has 0 spiro atoms. The molecule has 8 heteroatoms. The van der Waals surface area contributed by atoms with Gasteiger partial charge in [-0.25, -0.2) is 0 Å². The zero-order valence-corrected chi connectivity index (χ0v) is 15.1. The molecule has 2 heterocycles. The molecule has 0 bridgehead atoms. The second-order valence-electron chi connectivity index (χ2n) is 7.04. The van der Waals surface area contributed by atoms with Gasteiger partial charge in [0, 0.05) is 43.2 Å². The highest BCUT2D eigenvalue weighted by molar-refractivity contribution is 5.96. The Kier molecular flexibility index (Phi) is 4.57. The number of nitrogens with zero attached hydrogens (tertiary/aromatic N) is 3. The van der Waals surface area contributed by atoms with Gasteiger partial charge in [-0.2, -0.15) is 0 Å². The Balaban J connectivity index is 1.63. The van der Waals surface area contributed by atoms with E-state index in [0.29, 0.717) is 37.1 Å². The van der Waals surface area contributed by atoms with Crippen LogP contribution >= 0.6 is 0 Å². The topological polar surface area (TPSA) is 89.6 Å². The van der Waals surface area contributed by atoms with Gasteiger partial charge in [0.2, 0.25) is 0 Å². The molecule has 1 aromatic carbocycles. The van der Waals surface area contributed by atoms with E-state index in [1.807, 2.05) is 29.9 Å². The third-order valence-electron chi connectivity index (χ3n) is 5.09. The van der Waals surface area contributed by atoms with Gasteiger partial charge in [0.25, 0.3) is 11.6 Å². The maximum Gasteiger partial charge on any atom is 0.293 e. The summed E-state index contributed by atoms with van der Waals surface area (Å²) in [5, 5.41) is 14.6. The van der Waals surface area contributed by atoms with Crippen LogP contribution in [0.15, 0.2) is 36.5 Å². The Morgan fingerprint density at radius 2 is 2.15 bits per heavy atom. The van der Waals surface area contributed by atoms with Crippen LogP contribution in [0.2, 0.25) is 0 Å². The second kappa shape index (κ2) is 7.03. The summed E-state index contributed by atoms with van der Waals surface area (Å²) in [5.41, 5.74) is 1.71. The average molecular weight is 370 g/mol. The average Bonchev–Trinajstić information content (AvgIpc) is 3.39. The molecule has 8 nitrogen and oxygen atoms in total. The number of morpholine rings is 1. The van der Waals surface area contributed by atoms with Crippen molar-refractivity contribution in [2.24, 2.45) is 7.05 Å². The van der Waals surface area contributed by atoms with Gasteiger partial charge in [0.1, 0.15) is 5.69 Å². The summed E-state index contributed by atoms with van der Waals surface area (Å²) in [5.74, 6) is -0.217. The van der Waals surface area contributed by atoms with Crippen LogP contribution in [0.4, 0.5) is 11.4 Å². The first-order valence-electron chi connectivity index (χ1n) is 9.09. The van der Waals surface area contributed by atoms with Crippen LogP contribution in [-0.2, 0) is 11.8 Å². The number of amides is 1. The second-order valence-corrected chi connectivity index (χ2v) is 7.04. The van der Waals surface area contributed by atoms with Crippen LogP contribution in [0.5, 0.6) is 0 Å². The Morgan fingerprint density at radius 3 is 2.81 bits per heavy atom. The minimum Gasteiger partial charge on any atom is -0.377 e. The number of aromatic nitrogens is 1. The molecule has 1 N–H and O–H groups in total. The Hall–Kier alpha value is -2.87. The van der Waals surface area contributed by atoms with Crippen molar-refractivity contribution in [1.29, 1.82) is 0 Å². The van der Waals surface area contributed by atoms with E-state index in [0.717, 1.165) is 18.5 Å². The summed E-state index contributed by atoms with van der Waals surface area (Å²) in [6.07, 6.45) is 3.96. The number of aryl methyl sites for hydroxylation is 1. The lowest BCUT2D eigenvalue weighted by Gasteiger charge is -2.36. The van der Waals surface area contributed by atoms with Gasteiger partial charge in [-0.3, -0.25) is 14.9 Å². The molecule has 1 saturated carbocycles. The first-order chi connectivity index (χ1) is 13.0. The van der Waals surface area contributed by atoms with Crippen molar-refractivity contribution in [2.75, 3.05) is 25.1 Å². The summed E-state index contributed by atoms with van der Waals surface area (Å²) in [4.78, 5) is 26.0. The Morgan fingerprint density at radius 1 is 1.33 bits per heavy atom. The largest absolute Gasteiger partial charge is 0.377 e. The fraction of sp³-hybridized carbons (Fsp3) is 0.421. The molecule has 2 fully saturated rings. The zero-order valence-electron chi connectivity index (χ0n) is 15.1. The minimum atomic E-state index is -0.435. The van der Waals surface area contributed by atoms with Crippen molar-refractivity contribution in [1.82, 2.24) is 9.47 Å². The Labute approximate surface area is 156 Å². The van der Waals surface area contributed by atoms with Crippen LogP contribution in [-0.4, -0.2) is 46.1 Å². The lowest BCUT2D eigenvalue weighted by atomic mass is 10.1. The predicted octanol–water partition coefficient (Wildman–Crippen LogP) is 2.72. The highest BCUT2D eigenvalue weighted by Crippen LogP contribution is 2.33. The molecular formula is C19H22N4O4. The number of benzene rings is 1. The number of nitrogens with one attached hydrogen (secondary N) is 1. The van der Waals surface area contributed by atoms with E-state index in [-0.39, 0.29) is 17.6 Å². The van der Waals surface area contributed by atoms with Crippen LogP contribution in [0, 0.1) is 10.1 Å². The quantitative estimate of drug-likeness (QED) is 0.646. The molecule has 0 radical (unpaired) electrons. The predicted molar refractivity (Wildman–Crippen MR) is 99.8 cm³/mol. The summed E-state index contributed by atoms with van der Waals surface area (Å²) >= 11 is 0. The molecule has 2 aromatic rings. The van der Waals surface area contributed by atoms with E-state index in [9.17, 15) is 14.9 Å². The molecule has 142 valence electrons. The van der Waals surface area contributed by atoms with Crippen molar-refractivity contribution in [3.05, 3.63) is 57.9 Å². The third kappa shape index (κ3) is 3.52. The molecule has 27 heavy (non-hydrogen) atoms. The monoisotopic (exact) mass is 370 g/mol. The van der Waals surface area contributed by atoms with Crippen LogP contribution in [0.25, 0.3) is 0 Å². The molecule has 1 amide bonds. The normalized spacial score (nSPS) is 19.7. The lowest BCUT2D eigenvalue weighted by Crippen LogP contribution is -2.44. The van der Waals surface area contributed by atoms with Gasteiger partial charge in [-0.15, -0.1) is 0 Å². The third-order valence-corrected chi connectivity index (χ3v) is 5.09. The summed E-state index contributed by atoms with van der Waals surface area (Å²) in [6, 6.07) is 8.66. The highest BCUT2D eigenvalue weighted by Gasteiger charge is 2.32. The van der Waals surface area contributed by atoms with Crippen molar-refractivity contribution >= 4 is 17.3 Å². The van der Waals surface area contributed by atoms with Crippen LogP contribution in [0.1, 0.15) is 34.9 Å². The summed E-state index contributed by atoms with van der Waals surface area (Å²) < 4.78 is 7.55. The van der Waals surface area contributed by atoms with E-state index in [1.54, 1.807) is 17.0 Å². The first kappa shape index (κ1) is 17.5. The molecule has 2 aliphatic rings. The smallest absolute Gasteiger partial charge is 0.293 e. The zero-order chi connectivity index (χ0) is 19.0. The lowest BCUT2D eigenvalue weighted by molar-refractivity contribution is -0.384. The van der Waals surface area contributed by atoms with Crippen molar-refractivity contribution in [3.63, 3.8) is 0 Å². The van der Waals surface area contributed by atoms with Gasteiger partial charge < -0.3 is 19.5 Å². The van der Waals surface area contributed by atoms with Crippen molar-refractivity contribution in [3.8, 4) is 0 Å².